The number of aryl methyl sites for hydroxylation is 2. The molecule has 1 aromatic rings. The molecule has 0 bridgehead atoms. The monoisotopic (exact) mass is 282 g/mol. The molecule has 1 aromatic carbocycles. The fraction of sp³-hybridized carbons (Fsp3) is 0.571. The zero-order valence-electron chi connectivity index (χ0n) is 11.6. The molecule has 1 aliphatic rings. The van der Waals surface area contributed by atoms with E-state index >= 15 is 0 Å². The minimum Gasteiger partial charge on any atom is -0.316 e. The van der Waals surface area contributed by atoms with Gasteiger partial charge in [-0.15, -0.1) is 0 Å². The molecule has 2 N–H and O–H groups in total. The maximum Gasteiger partial charge on any atom is 0.240 e. The number of hydrogen-bond donors (Lipinski definition) is 2. The lowest BCUT2D eigenvalue weighted by molar-refractivity contribution is 0.519. The van der Waals surface area contributed by atoms with Gasteiger partial charge in [0, 0.05) is 6.54 Å². The van der Waals surface area contributed by atoms with Gasteiger partial charge < -0.3 is 5.32 Å². The van der Waals surface area contributed by atoms with Gasteiger partial charge in [-0.25, -0.2) is 13.1 Å². The molecule has 0 aromatic heterocycles. The van der Waals surface area contributed by atoms with Crippen LogP contribution in [0.4, 0.5) is 0 Å². The van der Waals surface area contributed by atoms with E-state index in [1.807, 2.05) is 19.9 Å². The predicted molar refractivity (Wildman–Crippen MR) is 76.7 cm³/mol. The zero-order chi connectivity index (χ0) is 13.9. The maximum atomic E-state index is 12.2. The smallest absolute Gasteiger partial charge is 0.240 e. The highest BCUT2D eigenvalue weighted by Gasteiger charge is 2.17. The van der Waals surface area contributed by atoms with Gasteiger partial charge in [-0.05, 0) is 69.0 Å². The van der Waals surface area contributed by atoms with Crippen molar-refractivity contribution in [2.75, 3.05) is 19.6 Å². The first-order valence-corrected chi connectivity index (χ1v) is 8.24. The molecule has 1 aliphatic heterocycles. The quantitative estimate of drug-likeness (QED) is 0.862. The summed E-state index contributed by atoms with van der Waals surface area (Å²) in [5.74, 6) is 0.599. The van der Waals surface area contributed by atoms with Gasteiger partial charge in [0.1, 0.15) is 0 Å². The van der Waals surface area contributed by atoms with Crippen LogP contribution in [0.2, 0.25) is 0 Å². The Hall–Kier alpha value is -0.910. The summed E-state index contributed by atoms with van der Waals surface area (Å²) in [6.07, 6.45) is 2.04. The van der Waals surface area contributed by atoms with Crippen molar-refractivity contribution in [1.29, 1.82) is 0 Å². The number of rotatable bonds is 5. The van der Waals surface area contributed by atoms with Crippen molar-refractivity contribution in [3.63, 3.8) is 0 Å². The standard InChI is InChI=1S/C14H22N2O2S/c1-11-7-12(2)9-14(8-11)19(17,18)16-6-4-13-3-5-15-10-13/h7-9,13,15-16H,3-6,10H2,1-2H3. The highest BCUT2D eigenvalue weighted by Crippen LogP contribution is 2.15. The summed E-state index contributed by atoms with van der Waals surface area (Å²) in [5.41, 5.74) is 1.95. The van der Waals surface area contributed by atoms with Crippen LogP contribution in [0.15, 0.2) is 23.1 Å². The van der Waals surface area contributed by atoms with Crippen LogP contribution >= 0.6 is 0 Å². The molecule has 0 amide bonds. The molecule has 0 radical (unpaired) electrons. The van der Waals surface area contributed by atoms with Crippen LogP contribution in [0.3, 0.4) is 0 Å². The van der Waals surface area contributed by atoms with Crippen molar-refractivity contribution in [1.82, 2.24) is 10.0 Å². The van der Waals surface area contributed by atoms with Crippen molar-refractivity contribution in [2.24, 2.45) is 5.92 Å². The molecule has 106 valence electrons. The average Bonchev–Trinajstić information content (AvgIpc) is 2.80. The summed E-state index contributed by atoms with van der Waals surface area (Å²) in [5, 5.41) is 3.29. The molecule has 0 aliphatic carbocycles. The van der Waals surface area contributed by atoms with Crippen LogP contribution in [-0.2, 0) is 10.0 Å². The Kier molecular flexibility index (Phi) is 4.60. The second-order valence-corrected chi connectivity index (χ2v) is 7.14. The van der Waals surface area contributed by atoms with Gasteiger partial charge in [-0.3, -0.25) is 0 Å². The lowest BCUT2D eigenvalue weighted by Crippen LogP contribution is -2.26. The van der Waals surface area contributed by atoms with E-state index in [0.29, 0.717) is 17.4 Å². The first-order valence-electron chi connectivity index (χ1n) is 6.76. The zero-order valence-corrected chi connectivity index (χ0v) is 12.4. The minimum absolute atomic E-state index is 0.370. The maximum absolute atomic E-state index is 12.2. The third-order valence-electron chi connectivity index (χ3n) is 3.51. The molecule has 1 saturated heterocycles. The van der Waals surface area contributed by atoms with E-state index in [-0.39, 0.29) is 0 Å². The molecule has 1 heterocycles. The number of hydrogen-bond acceptors (Lipinski definition) is 3. The van der Waals surface area contributed by atoms with Crippen LogP contribution in [0.25, 0.3) is 0 Å². The molecular formula is C14H22N2O2S. The van der Waals surface area contributed by atoms with Gasteiger partial charge in [-0.2, -0.15) is 0 Å². The van der Waals surface area contributed by atoms with Gasteiger partial charge in [0.15, 0.2) is 0 Å². The van der Waals surface area contributed by atoms with E-state index in [0.717, 1.165) is 37.1 Å². The second-order valence-electron chi connectivity index (χ2n) is 5.37. The van der Waals surface area contributed by atoms with Gasteiger partial charge in [0.2, 0.25) is 10.0 Å². The van der Waals surface area contributed by atoms with Crippen molar-refractivity contribution in [3.05, 3.63) is 29.3 Å². The lowest BCUT2D eigenvalue weighted by Gasteiger charge is -2.11. The van der Waals surface area contributed by atoms with Crippen molar-refractivity contribution < 1.29 is 8.42 Å². The van der Waals surface area contributed by atoms with E-state index in [1.54, 1.807) is 12.1 Å². The molecule has 1 unspecified atom stereocenters. The van der Waals surface area contributed by atoms with E-state index < -0.39 is 10.0 Å². The summed E-state index contributed by atoms with van der Waals surface area (Å²) < 4.78 is 27.1. The van der Waals surface area contributed by atoms with Gasteiger partial charge in [0.25, 0.3) is 0 Å². The van der Waals surface area contributed by atoms with Crippen molar-refractivity contribution in [3.8, 4) is 0 Å². The number of nitrogens with one attached hydrogen (secondary N) is 2. The molecule has 19 heavy (non-hydrogen) atoms. The summed E-state index contributed by atoms with van der Waals surface area (Å²) in [6, 6.07) is 5.40. The van der Waals surface area contributed by atoms with Crippen molar-refractivity contribution >= 4 is 10.0 Å². The van der Waals surface area contributed by atoms with Crippen LogP contribution in [0, 0.1) is 19.8 Å². The highest BCUT2D eigenvalue weighted by molar-refractivity contribution is 7.89. The molecule has 1 fully saturated rings. The number of sulfonamides is 1. The molecule has 0 spiro atoms. The van der Waals surface area contributed by atoms with Crippen LogP contribution in [0.5, 0.6) is 0 Å². The predicted octanol–water partition coefficient (Wildman–Crippen LogP) is 1.58. The average molecular weight is 282 g/mol. The molecule has 5 heteroatoms. The van der Waals surface area contributed by atoms with E-state index in [9.17, 15) is 8.42 Å². The SMILES string of the molecule is Cc1cc(C)cc(S(=O)(=O)NCCC2CCNC2)c1. The first kappa shape index (κ1) is 14.5. The molecule has 2 rings (SSSR count). The third kappa shape index (κ3) is 4.03. The van der Waals surface area contributed by atoms with Gasteiger partial charge in [-0.1, -0.05) is 6.07 Å². The lowest BCUT2D eigenvalue weighted by atomic mass is 10.1. The van der Waals surface area contributed by atoms with E-state index in [4.69, 9.17) is 0 Å². The molecule has 0 saturated carbocycles. The summed E-state index contributed by atoms with van der Waals surface area (Å²) >= 11 is 0. The third-order valence-corrected chi connectivity index (χ3v) is 4.95. The first-order chi connectivity index (χ1) is 8.97. The Labute approximate surface area is 115 Å². The molecule has 4 nitrogen and oxygen atoms in total. The molecule has 1 atom stereocenters. The largest absolute Gasteiger partial charge is 0.316 e. The second kappa shape index (κ2) is 6.03. The minimum atomic E-state index is -3.37. The van der Waals surface area contributed by atoms with Crippen LogP contribution in [0.1, 0.15) is 24.0 Å². The Morgan fingerprint density at radius 1 is 1.26 bits per heavy atom. The Morgan fingerprint density at radius 2 is 1.95 bits per heavy atom. The molecular weight excluding hydrogens is 260 g/mol. The van der Waals surface area contributed by atoms with Gasteiger partial charge in [0.05, 0.1) is 4.90 Å². The Morgan fingerprint density at radius 3 is 2.53 bits per heavy atom. The van der Waals surface area contributed by atoms with E-state index in [2.05, 4.69) is 10.0 Å². The Bertz CT molecular complexity index is 514. The van der Waals surface area contributed by atoms with Crippen LogP contribution < -0.4 is 10.0 Å². The fourth-order valence-electron chi connectivity index (χ4n) is 2.53. The fourth-order valence-corrected chi connectivity index (χ4v) is 3.76. The van der Waals surface area contributed by atoms with Crippen LogP contribution in [-0.4, -0.2) is 28.1 Å². The number of benzene rings is 1. The topological polar surface area (TPSA) is 58.2 Å². The summed E-state index contributed by atoms with van der Waals surface area (Å²) in [4.78, 5) is 0.370. The normalized spacial score (nSPS) is 19.8. The van der Waals surface area contributed by atoms with Gasteiger partial charge >= 0.3 is 0 Å². The van der Waals surface area contributed by atoms with E-state index in [1.165, 1.54) is 0 Å². The highest BCUT2D eigenvalue weighted by atomic mass is 32.2. The summed E-state index contributed by atoms with van der Waals surface area (Å²) in [7, 11) is -3.37. The van der Waals surface area contributed by atoms with Crippen molar-refractivity contribution in [2.45, 2.75) is 31.6 Å². The Balaban J connectivity index is 1.97. The summed E-state index contributed by atoms with van der Waals surface area (Å²) in [6.45, 7) is 6.40.